The van der Waals surface area contributed by atoms with Crippen molar-refractivity contribution in [1.82, 2.24) is 19.5 Å². The van der Waals surface area contributed by atoms with E-state index in [1.807, 2.05) is 36.4 Å². The van der Waals surface area contributed by atoms with Crippen LogP contribution in [0.2, 0.25) is 0 Å². The maximum atomic E-state index is 5.35. The molecule has 0 amide bonds. The van der Waals surface area contributed by atoms with Crippen LogP contribution in [0.15, 0.2) is 182 Å². The highest BCUT2D eigenvalue weighted by molar-refractivity contribution is 6.29. The van der Waals surface area contributed by atoms with E-state index in [1.165, 1.54) is 27.2 Å². The first-order valence-corrected chi connectivity index (χ1v) is 17.2. The molecule has 0 spiro atoms. The molecule has 10 aromatic rings. The molecule has 0 radical (unpaired) electrons. The van der Waals surface area contributed by atoms with Gasteiger partial charge in [-0.3, -0.25) is 0 Å². The Morgan fingerprint density at radius 1 is 0.353 bits per heavy atom. The van der Waals surface area contributed by atoms with Gasteiger partial charge in [0.05, 0.1) is 33.6 Å². The lowest BCUT2D eigenvalue weighted by molar-refractivity contribution is 1.18. The van der Waals surface area contributed by atoms with Crippen molar-refractivity contribution in [3.05, 3.63) is 182 Å². The van der Waals surface area contributed by atoms with Crippen LogP contribution in [-0.2, 0) is 0 Å². The molecule has 4 heteroatoms. The Morgan fingerprint density at radius 2 is 0.961 bits per heavy atom. The molecular formula is C47H30N4. The minimum Gasteiger partial charge on any atom is -0.309 e. The number of nitrogens with zero attached hydrogens (tertiary/aromatic N) is 4. The van der Waals surface area contributed by atoms with Crippen molar-refractivity contribution < 1.29 is 0 Å². The van der Waals surface area contributed by atoms with Crippen LogP contribution in [0.3, 0.4) is 0 Å². The van der Waals surface area contributed by atoms with Crippen LogP contribution in [-0.4, -0.2) is 19.5 Å². The largest absolute Gasteiger partial charge is 0.309 e. The van der Waals surface area contributed by atoms with Gasteiger partial charge in [-0.15, -0.1) is 0 Å². The predicted molar refractivity (Wildman–Crippen MR) is 211 cm³/mol. The highest BCUT2D eigenvalue weighted by Gasteiger charge is 2.20. The summed E-state index contributed by atoms with van der Waals surface area (Å²) in [5.74, 6) is 0.698. The number of hydrogen-bond acceptors (Lipinski definition) is 3. The van der Waals surface area contributed by atoms with Crippen molar-refractivity contribution in [1.29, 1.82) is 0 Å². The summed E-state index contributed by atoms with van der Waals surface area (Å²) in [5, 5.41) is 5.93. The van der Waals surface area contributed by atoms with Crippen LogP contribution in [0, 0.1) is 0 Å². The van der Waals surface area contributed by atoms with Gasteiger partial charge in [0.1, 0.15) is 0 Å². The van der Waals surface area contributed by atoms with Crippen molar-refractivity contribution >= 4 is 43.5 Å². The molecule has 0 N–H and O–H groups in total. The molecule has 0 aliphatic heterocycles. The Labute approximate surface area is 295 Å². The molecule has 0 atom stereocenters. The second-order valence-electron chi connectivity index (χ2n) is 12.8. The summed E-state index contributed by atoms with van der Waals surface area (Å²) in [6, 6.07) is 63.6. The fourth-order valence-electron chi connectivity index (χ4n) is 7.47. The lowest BCUT2D eigenvalue weighted by atomic mass is 9.95. The molecule has 51 heavy (non-hydrogen) atoms. The van der Waals surface area contributed by atoms with Crippen molar-refractivity contribution in [3.8, 4) is 50.8 Å². The number of aromatic nitrogens is 4. The minimum atomic E-state index is 0.698. The molecule has 0 bridgehead atoms. The van der Waals surface area contributed by atoms with Gasteiger partial charge in [0.2, 0.25) is 0 Å². The third-order valence-corrected chi connectivity index (χ3v) is 9.77. The first kappa shape index (κ1) is 29.0. The number of benzene rings is 7. The van der Waals surface area contributed by atoms with E-state index in [0.29, 0.717) is 5.82 Å². The van der Waals surface area contributed by atoms with Crippen LogP contribution in [0.4, 0.5) is 0 Å². The predicted octanol–water partition coefficient (Wildman–Crippen LogP) is 11.9. The lowest BCUT2D eigenvalue weighted by Gasteiger charge is -2.14. The van der Waals surface area contributed by atoms with Gasteiger partial charge in [0.15, 0.2) is 5.82 Å². The molecule has 0 aliphatic rings. The monoisotopic (exact) mass is 650 g/mol. The molecule has 4 nitrogen and oxygen atoms in total. The van der Waals surface area contributed by atoms with E-state index in [0.717, 1.165) is 61.3 Å². The Hall–Kier alpha value is -6.91. The molecule has 0 fully saturated rings. The maximum Gasteiger partial charge on any atom is 0.160 e. The van der Waals surface area contributed by atoms with Crippen molar-refractivity contribution in [2.24, 2.45) is 0 Å². The van der Waals surface area contributed by atoms with Crippen LogP contribution in [0.5, 0.6) is 0 Å². The van der Waals surface area contributed by atoms with Gasteiger partial charge < -0.3 is 4.57 Å². The van der Waals surface area contributed by atoms with Crippen molar-refractivity contribution in [3.63, 3.8) is 0 Å². The van der Waals surface area contributed by atoms with Gasteiger partial charge in [-0.25, -0.2) is 15.0 Å². The third kappa shape index (κ3) is 4.88. The Balaban J connectivity index is 1.22. The SMILES string of the molecule is c1ccc(-c2cc(-c3cccc(-c4nc5ccccc5c5c4ccc4c5c5ccccc5n4-c4ccccc4)c3)nc(-c3ccccc3)n2)cc1. The highest BCUT2D eigenvalue weighted by atomic mass is 15.0. The topological polar surface area (TPSA) is 43.6 Å². The fourth-order valence-corrected chi connectivity index (χ4v) is 7.47. The molecule has 3 aromatic heterocycles. The first-order chi connectivity index (χ1) is 25.3. The average molecular weight is 651 g/mol. The molecule has 0 saturated heterocycles. The lowest BCUT2D eigenvalue weighted by Crippen LogP contribution is -1.96. The Morgan fingerprint density at radius 3 is 1.75 bits per heavy atom. The second kappa shape index (κ2) is 11.9. The first-order valence-electron chi connectivity index (χ1n) is 17.2. The zero-order valence-electron chi connectivity index (χ0n) is 27.6. The summed E-state index contributed by atoms with van der Waals surface area (Å²) >= 11 is 0. The summed E-state index contributed by atoms with van der Waals surface area (Å²) in [6.07, 6.45) is 0. The van der Waals surface area contributed by atoms with Crippen molar-refractivity contribution in [2.45, 2.75) is 0 Å². The Kier molecular flexibility index (Phi) is 6.78. The van der Waals surface area contributed by atoms with E-state index in [2.05, 4.69) is 150 Å². The molecule has 7 aromatic carbocycles. The summed E-state index contributed by atoms with van der Waals surface area (Å²) in [4.78, 5) is 15.5. The van der Waals surface area contributed by atoms with Gasteiger partial charge in [0, 0.05) is 54.9 Å². The minimum absolute atomic E-state index is 0.698. The number of hydrogen-bond donors (Lipinski definition) is 0. The molecule has 0 aliphatic carbocycles. The van der Waals surface area contributed by atoms with E-state index in [-0.39, 0.29) is 0 Å². The van der Waals surface area contributed by atoms with Gasteiger partial charge >= 0.3 is 0 Å². The standard InChI is InChI=1S/C47H30N4/c1-4-15-31(16-5-1)40-30-41(50-47(49-40)32-17-6-2-7-18-32)33-19-14-20-34(29-33)46-38-27-28-43-45(44(38)36-23-10-12-25-39(36)48-46)37-24-11-13-26-42(37)51(43)35-21-8-3-9-22-35/h1-30H. The third-order valence-electron chi connectivity index (χ3n) is 9.77. The average Bonchev–Trinajstić information content (AvgIpc) is 3.56. The van der Waals surface area contributed by atoms with E-state index < -0.39 is 0 Å². The molecular weight excluding hydrogens is 621 g/mol. The summed E-state index contributed by atoms with van der Waals surface area (Å²) in [7, 11) is 0. The molecule has 0 unspecified atom stereocenters. The van der Waals surface area contributed by atoms with Gasteiger partial charge in [-0.2, -0.15) is 0 Å². The van der Waals surface area contributed by atoms with E-state index in [4.69, 9.17) is 15.0 Å². The Bertz CT molecular complexity index is 2840. The number of para-hydroxylation sites is 3. The zero-order chi connectivity index (χ0) is 33.7. The number of fused-ring (bicyclic) bond motifs is 7. The zero-order valence-corrected chi connectivity index (χ0v) is 27.6. The number of rotatable bonds is 5. The fraction of sp³-hybridized carbons (Fsp3) is 0. The quantitative estimate of drug-likeness (QED) is 0.174. The van der Waals surface area contributed by atoms with Gasteiger partial charge in [-0.1, -0.05) is 140 Å². The van der Waals surface area contributed by atoms with Gasteiger partial charge in [0.25, 0.3) is 0 Å². The summed E-state index contributed by atoms with van der Waals surface area (Å²) < 4.78 is 2.38. The van der Waals surface area contributed by atoms with Crippen molar-refractivity contribution in [2.75, 3.05) is 0 Å². The molecule has 238 valence electrons. The smallest absolute Gasteiger partial charge is 0.160 e. The summed E-state index contributed by atoms with van der Waals surface area (Å²) in [5.41, 5.74) is 11.2. The van der Waals surface area contributed by atoms with E-state index in [1.54, 1.807) is 0 Å². The van der Waals surface area contributed by atoms with Gasteiger partial charge in [-0.05, 0) is 42.5 Å². The second-order valence-corrected chi connectivity index (χ2v) is 12.8. The van der Waals surface area contributed by atoms with Crippen LogP contribution in [0.25, 0.3) is 94.3 Å². The van der Waals surface area contributed by atoms with E-state index in [9.17, 15) is 0 Å². The van der Waals surface area contributed by atoms with Crippen LogP contribution < -0.4 is 0 Å². The molecule has 10 rings (SSSR count). The maximum absolute atomic E-state index is 5.35. The van der Waals surface area contributed by atoms with Crippen LogP contribution in [0.1, 0.15) is 0 Å². The molecule has 0 saturated carbocycles. The van der Waals surface area contributed by atoms with E-state index >= 15 is 0 Å². The normalized spacial score (nSPS) is 11.5. The summed E-state index contributed by atoms with van der Waals surface area (Å²) in [6.45, 7) is 0. The van der Waals surface area contributed by atoms with Crippen LogP contribution >= 0.6 is 0 Å². The highest BCUT2D eigenvalue weighted by Crippen LogP contribution is 2.42. The number of pyridine rings is 1. The molecule has 3 heterocycles.